The minimum Gasteiger partial charge on any atom is -0.362 e. The molecule has 0 saturated heterocycles. The number of likely N-dealkylation sites (N-methyl/N-ethyl adjacent to an activating group) is 1. The Morgan fingerprint density at radius 2 is 2.10 bits per heavy atom. The van der Waals surface area contributed by atoms with E-state index in [9.17, 15) is 9.59 Å². The van der Waals surface area contributed by atoms with Gasteiger partial charge >= 0.3 is 0 Å². The molecular formula is C16H22N2O2. The summed E-state index contributed by atoms with van der Waals surface area (Å²) in [6.45, 7) is 5.60. The molecule has 0 aliphatic carbocycles. The van der Waals surface area contributed by atoms with Crippen molar-refractivity contribution < 1.29 is 9.59 Å². The zero-order valence-electron chi connectivity index (χ0n) is 12.5. The third-order valence-corrected chi connectivity index (χ3v) is 3.93. The summed E-state index contributed by atoms with van der Waals surface area (Å²) in [5.41, 5.74) is 3.03. The summed E-state index contributed by atoms with van der Waals surface area (Å²) in [5.74, 6) is 0.225. The minimum atomic E-state index is 0.0896. The lowest BCUT2D eigenvalue weighted by molar-refractivity contribution is -0.128. The molecule has 108 valence electrons. The fraction of sp³-hybridized carbons (Fsp3) is 0.500. The summed E-state index contributed by atoms with van der Waals surface area (Å²) in [7, 11) is 1.83. The smallest absolute Gasteiger partial charge is 0.241 e. The number of Topliss-reactive ketones (excluding diaryl/α,β-unsaturated/α-hetero) is 1. The molecule has 0 atom stereocenters. The maximum absolute atomic E-state index is 12.1. The molecule has 0 fully saturated rings. The molecule has 1 aromatic carbocycles. The molecule has 0 saturated carbocycles. The Labute approximate surface area is 120 Å². The van der Waals surface area contributed by atoms with E-state index in [1.54, 1.807) is 11.8 Å². The maximum Gasteiger partial charge on any atom is 0.241 e. The molecule has 20 heavy (non-hydrogen) atoms. The number of aryl methyl sites for hydroxylation is 1. The molecule has 0 radical (unpaired) electrons. The second-order valence-electron chi connectivity index (χ2n) is 5.33. The number of benzene rings is 1. The van der Waals surface area contributed by atoms with Crippen LogP contribution in [-0.2, 0) is 11.2 Å². The number of carbonyl (C=O) groups excluding carboxylic acids is 2. The summed E-state index contributed by atoms with van der Waals surface area (Å²) in [5, 5.41) is 0. The zero-order chi connectivity index (χ0) is 14.7. The number of hydrogen-bond donors (Lipinski definition) is 0. The van der Waals surface area contributed by atoms with E-state index in [-0.39, 0.29) is 11.7 Å². The van der Waals surface area contributed by atoms with Gasteiger partial charge in [-0.05, 0) is 50.5 Å². The molecular weight excluding hydrogens is 252 g/mol. The van der Waals surface area contributed by atoms with Crippen LogP contribution in [0.15, 0.2) is 18.2 Å². The molecule has 1 aromatic rings. The number of amides is 1. The van der Waals surface area contributed by atoms with Crippen LogP contribution in [0.5, 0.6) is 0 Å². The first kappa shape index (κ1) is 14.6. The van der Waals surface area contributed by atoms with Crippen molar-refractivity contribution >= 4 is 17.4 Å². The average molecular weight is 274 g/mol. The summed E-state index contributed by atoms with van der Waals surface area (Å²) in [6, 6.07) is 5.80. The van der Waals surface area contributed by atoms with Crippen molar-refractivity contribution in [2.24, 2.45) is 0 Å². The van der Waals surface area contributed by atoms with Crippen LogP contribution in [0.4, 0.5) is 5.69 Å². The Hall–Kier alpha value is -1.84. The van der Waals surface area contributed by atoms with Crippen LogP contribution < -0.4 is 4.90 Å². The fourth-order valence-electron chi connectivity index (χ4n) is 2.52. The Bertz CT molecular complexity index is 525. The van der Waals surface area contributed by atoms with E-state index >= 15 is 0 Å². The van der Waals surface area contributed by atoms with Gasteiger partial charge < -0.3 is 9.80 Å². The highest BCUT2D eigenvalue weighted by atomic mass is 16.2. The number of ketones is 1. The molecule has 0 unspecified atom stereocenters. The summed E-state index contributed by atoms with van der Waals surface area (Å²) in [6.07, 6.45) is 2.00. The normalized spacial score (nSPS) is 13.8. The Balaban J connectivity index is 2.20. The van der Waals surface area contributed by atoms with Gasteiger partial charge in [0.2, 0.25) is 5.91 Å². The van der Waals surface area contributed by atoms with Crippen LogP contribution in [0.3, 0.4) is 0 Å². The molecule has 4 nitrogen and oxygen atoms in total. The summed E-state index contributed by atoms with van der Waals surface area (Å²) < 4.78 is 0. The van der Waals surface area contributed by atoms with Crippen LogP contribution in [-0.4, -0.2) is 43.3 Å². The number of nitrogens with zero attached hydrogens (tertiary/aromatic N) is 2. The predicted octanol–water partition coefficient (Wildman–Crippen LogP) is 2.12. The molecule has 1 heterocycles. The predicted molar refractivity (Wildman–Crippen MR) is 80.3 cm³/mol. The summed E-state index contributed by atoms with van der Waals surface area (Å²) in [4.78, 5) is 27.4. The first-order valence-electron chi connectivity index (χ1n) is 7.15. The molecule has 0 aromatic heterocycles. The lowest BCUT2D eigenvalue weighted by atomic mass is 9.98. The quantitative estimate of drug-likeness (QED) is 0.790. The maximum atomic E-state index is 12.1. The van der Waals surface area contributed by atoms with E-state index in [1.807, 2.05) is 32.2 Å². The van der Waals surface area contributed by atoms with Crippen molar-refractivity contribution in [2.75, 3.05) is 31.6 Å². The van der Waals surface area contributed by atoms with Gasteiger partial charge in [-0.25, -0.2) is 0 Å². The lowest BCUT2D eigenvalue weighted by Crippen LogP contribution is -2.40. The van der Waals surface area contributed by atoms with Crippen molar-refractivity contribution in [3.63, 3.8) is 0 Å². The van der Waals surface area contributed by atoms with E-state index in [2.05, 4.69) is 4.90 Å². The third kappa shape index (κ3) is 3.00. The zero-order valence-corrected chi connectivity index (χ0v) is 12.5. The van der Waals surface area contributed by atoms with Gasteiger partial charge in [0.05, 0.1) is 6.54 Å². The van der Waals surface area contributed by atoms with Gasteiger partial charge in [-0.1, -0.05) is 0 Å². The second-order valence-corrected chi connectivity index (χ2v) is 5.33. The fourth-order valence-corrected chi connectivity index (χ4v) is 2.52. The Kier molecular flexibility index (Phi) is 4.42. The van der Waals surface area contributed by atoms with E-state index in [0.29, 0.717) is 6.54 Å². The third-order valence-electron chi connectivity index (χ3n) is 3.93. The number of hydrogen-bond acceptors (Lipinski definition) is 3. The van der Waals surface area contributed by atoms with E-state index in [0.717, 1.165) is 37.2 Å². The van der Waals surface area contributed by atoms with Crippen LogP contribution in [0, 0.1) is 0 Å². The van der Waals surface area contributed by atoms with Crippen molar-refractivity contribution in [2.45, 2.75) is 26.7 Å². The van der Waals surface area contributed by atoms with Crippen LogP contribution in [0.2, 0.25) is 0 Å². The second kappa shape index (κ2) is 6.07. The van der Waals surface area contributed by atoms with Crippen molar-refractivity contribution in [1.29, 1.82) is 0 Å². The van der Waals surface area contributed by atoms with Gasteiger partial charge in [0, 0.05) is 31.4 Å². The van der Waals surface area contributed by atoms with E-state index < -0.39 is 0 Å². The van der Waals surface area contributed by atoms with Crippen molar-refractivity contribution in [1.82, 2.24) is 4.90 Å². The Morgan fingerprint density at radius 1 is 1.35 bits per heavy atom. The SMILES string of the molecule is CCN(C)C(=O)CN1CCCc2cc(C(C)=O)ccc21. The van der Waals surface area contributed by atoms with Gasteiger partial charge in [0.25, 0.3) is 0 Å². The molecule has 1 amide bonds. The summed E-state index contributed by atoms with van der Waals surface area (Å²) >= 11 is 0. The van der Waals surface area contributed by atoms with Gasteiger partial charge in [-0.15, -0.1) is 0 Å². The van der Waals surface area contributed by atoms with Gasteiger partial charge in [-0.3, -0.25) is 9.59 Å². The first-order chi connectivity index (χ1) is 9.52. The van der Waals surface area contributed by atoms with Crippen molar-refractivity contribution in [3.05, 3.63) is 29.3 Å². The Morgan fingerprint density at radius 3 is 2.75 bits per heavy atom. The molecule has 0 spiro atoms. The molecule has 0 bridgehead atoms. The van der Waals surface area contributed by atoms with E-state index in [4.69, 9.17) is 0 Å². The monoisotopic (exact) mass is 274 g/mol. The minimum absolute atomic E-state index is 0.0896. The van der Waals surface area contributed by atoms with Crippen LogP contribution in [0.1, 0.15) is 36.2 Å². The average Bonchev–Trinajstić information content (AvgIpc) is 2.45. The van der Waals surface area contributed by atoms with Crippen LogP contribution >= 0.6 is 0 Å². The molecule has 0 N–H and O–H groups in total. The van der Waals surface area contributed by atoms with Gasteiger partial charge in [0.1, 0.15) is 0 Å². The van der Waals surface area contributed by atoms with Crippen LogP contribution in [0.25, 0.3) is 0 Å². The lowest BCUT2D eigenvalue weighted by Gasteiger charge is -2.32. The largest absolute Gasteiger partial charge is 0.362 e. The molecule has 2 rings (SSSR count). The highest BCUT2D eigenvalue weighted by molar-refractivity contribution is 5.95. The first-order valence-corrected chi connectivity index (χ1v) is 7.15. The topological polar surface area (TPSA) is 40.6 Å². The number of fused-ring (bicyclic) bond motifs is 1. The van der Waals surface area contributed by atoms with Gasteiger partial charge in [-0.2, -0.15) is 0 Å². The molecule has 1 aliphatic heterocycles. The number of carbonyl (C=O) groups is 2. The highest BCUT2D eigenvalue weighted by Gasteiger charge is 2.20. The number of rotatable bonds is 4. The van der Waals surface area contributed by atoms with Gasteiger partial charge in [0.15, 0.2) is 5.78 Å². The molecule has 4 heteroatoms. The molecule has 1 aliphatic rings. The standard InChI is InChI=1S/C16H22N2O2/c1-4-17(3)16(20)11-18-9-5-6-14-10-13(12(2)19)7-8-15(14)18/h7-8,10H,4-6,9,11H2,1-3H3. The number of anilines is 1. The van der Waals surface area contributed by atoms with Crippen molar-refractivity contribution in [3.8, 4) is 0 Å². The highest BCUT2D eigenvalue weighted by Crippen LogP contribution is 2.28. The van der Waals surface area contributed by atoms with E-state index in [1.165, 1.54) is 5.56 Å².